The summed E-state index contributed by atoms with van der Waals surface area (Å²) >= 11 is 0. The van der Waals surface area contributed by atoms with Crippen LogP contribution in [0.15, 0.2) is 140 Å². The maximum atomic E-state index is 12.3. The van der Waals surface area contributed by atoms with Gasteiger partial charge in [-0.15, -0.1) is 0 Å². The largest absolute Gasteiger partial charge is 0.497 e. The maximum Gasteiger partial charge on any atom is 0.193 e. The first kappa shape index (κ1) is 24.4. The Kier molecular flexibility index (Phi) is 8.18. The minimum atomic E-state index is 0.0308. The third-order valence-electron chi connectivity index (χ3n) is 5.68. The molecule has 0 bridgehead atoms. The zero-order valence-corrected chi connectivity index (χ0v) is 20.0. The van der Waals surface area contributed by atoms with Crippen molar-refractivity contribution in [3.05, 3.63) is 162 Å². The molecule has 176 valence electrons. The third kappa shape index (κ3) is 6.22. The number of carbonyl (C=O) groups is 2. The van der Waals surface area contributed by atoms with Crippen LogP contribution >= 0.6 is 0 Å². The van der Waals surface area contributed by atoms with E-state index in [4.69, 9.17) is 4.74 Å². The van der Waals surface area contributed by atoms with E-state index in [1.807, 2.05) is 103 Å². The molecule has 3 heteroatoms. The second-order valence-corrected chi connectivity index (χ2v) is 8.06. The van der Waals surface area contributed by atoms with Gasteiger partial charge < -0.3 is 4.74 Å². The number of methoxy groups -OCH3 is 1. The van der Waals surface area contributed by atoms with E-state index >= 15 is 0 Å². The van der Waals surface area contributed by atoms with Crippen LogP contribution < -0.4 is 4.74 Å². The summed E-state index contributed by atoms with van der Waals surface area (Å²) in [5.41, 5.74) is 5.09. The normalized spacial score (nSPS) is 10.0. The molecule has 0 atom stereocenters. The van der Waals surface area contributed by atoms with E-state index < -0.39 is 0 Å². The van der Waals surface area contributed by atoms with E-state index in [2.05, 4.69) is 12.1 Å². The molecule has 0 aromatic heterocycles. The van der Waals surface area contributed by atoms with E-state index in [1.54, 1.807) is 31.4 Å². The van der Waals surface area contributed by atoms with Gasteiger partial charge in [-0.2, -0.15) is 0 Å². The van der Waals surface area contributed by atoms with Gasteiger partial charge in [0.05, 0.1) is 7.11 Å². The topological polar surface area (TPSA) is 43.4 Å². The fourth-order valence-electron chi connectivity index (χ4n) is 3.70. The van der Waals surface area contributed by atoms with Crippen LogP contribution in [-0.2, 0) is 0 Å². The molecule has 0 spiro atoms. The summed E-state index contributed by atoms with van der Waals surface area (Å²) in [4.78, 5) is 24.3. The lowest BCUT2D eigenvalue weighted by Crippen LogP contribution is -2.00. The standard InChI is InChI=1S/C19H14O.C14H12O2/c20-19(17-9-5-2-6-10-17)18-13-11-16(12-14-18)15-7-3-1-4-8-15;1-16-13-9-7-12(8-10-13)14(15)11-5-3-2-4-6-11/h1-14H;2-10H,1H3. The number of ether oxygens (including phenoxy) is 1. The molecule has 0 saturated heterocycles. The zero-order valence-electron chi connectivity index (χ0n) is 20.0. The SMILES string of the molecule is COc1ccc(C(=O)c2ccccc2)cc1.O=C(c1ccccc1)c1ccc(-c2ccccc2)cc1. The molecule has 0 radical (unpaired) electrons. The summed E-state index contributed by atoms with van der Waals surface area (Å²) < 4.78 is 5.04. The Balaban J connectivity index is 0.000000174. The monoisotopic (exact) mass is 470 g/mol. The van der Waals surface area contributed by atoms with E-state index in [9.17, 15) is 9.59 Å². The van der Waals surface area contributed by atoms with Gasteiger partial charge in [-0.05, 0) is 35.4 Å². The highest BCUT2D eigenvalue weighted by atomic mass is 16.5. The summed E-state index contributed by atoms with van der Waals surface area (Å²) in [6.07, 6.45) is 0. The average molecular weight is 471 g/mol. The number of benzene rings is 5. The van der Waals surface area contributed by atoms with E-state index in [-0.39, 0.29) is 11.6 Å². The Morgan fingerprint density at radius 2 is 0.750 bits per heavy atom. The van der Waals surface area contributed by atoms with E-state index in [0.717, 1.165) is 28.0 Å². The number of hydrogen-bond donors (Lipinski definition) is 0. The van der Waals surface area contributed by atoms with Crippen molar-refractivity contribution >= 4 is 11.6 Å². The lowest BCUT2D eigenvalue weighted by Gasteiger charge is -2.04. The third-order valence-corrected chi connectivity index (χ3v) is 5.68. The number of ketones is 2. The van der Waals surface area contributed by atoms with Crippen molar-refractivity contribution in [2.75, 3.05) is 7.11 Å². The zero-order chi connectivity index (χ0) is 25.2. The minimum absolute atomic E-state index is 0.0308. The Bertz CT molecular complexity index is 1390. The smallest absolute Gasteiger partial charge is 0.193 e. The van der Waals surface area contributed by atoms with Gasteiger partial charge in [0.15, 0.2) is 11.6 Å². The fourth-order valence-corrected chi connectivity index (χ4v) is 3.70. The molecular formula is C33H26O3. The van der Waals surface area contributed by atoms with Crippen LogP contribution in [0.25, 0.3) is 11.1 Å². The second-order valence-electron chi connectivity index (χ2n) is 8.06. The number of hydrogen-bond acceptors (Lipinski definition) is 3. The van der Waals surface area contributed by atoms with Crippen LogP contribution in [0.3, 0.4) is 0 Å². The Hall–Kier alpha value is -4.76. The molecule has 3 nitrogen and oxygen atoms in total. The first-order valence-electron chi connectivity index (χ1n) is 11.6. The summed E-state index contributed by atoms with van der Waals surface area (Å²) in [5, 5.41) is 0. The van der Waals surface area contributed by atoms with Crippen molar-refractivity contribution in [1.82, 2.24) is 0 Å². The highest BCUT2D eigenvalue weighted by molar-refractivity contribution is 6.09. The highest BCUT2D eigenvalue weighted by Crippen LogP contribution is 2.20. The predicted octanol–water partition coefficient (Wildman–Crippen LogP) is 7.51. The number of rotatable bonds is 6. The summed E-state index contributed by atoms with van der Waals surface area (Å²) in [7, 11) is 1.61. The molecule has 5 aromatic rings. The molecule has 0 aliphatic carbocycles. The van der Waals surface area contributed by atoms with Crippen LogP contribution in [-0.4, -0.2) is 18.7 Å². The average Bonchev–Trinajstić information content (AvgIpc) is 2.98. The Labute approximate surface area is 211 Å². The fraction of sp³-hybridized carbons (Fsp3) is 0.0303. The molecule has 0 unspecified atom stereocenters. The van der Waals surface area contributed by atoms with Crippen LogP contribution in [0.4, 0.5) is 0 Å². The first-order chi connectivity index (χ1) is 17.7. The van der Waals surface area contributed by atoms with Crippen LogP contribution in [0.5, 0.6) is 5.75 Å². The molecule has 0 aliphatic rings. The van der Waals surface area contributed by atoms with Gasteiger partial charge in [-0.3, -0.25) is 9.59 Å². The highest BCUT2D eigenvalue weighted by Gasteiger charge is 2.09. The van der Waals surface area contributed by atoms with E-state index in [0.29, 0.717) is 11.1 Å². The van der Waals surface area contributed by atoms with Crippen molar-refractivity contribution < 1.29 is 14.3 Å². The molecule has 0 heterocycles. The summed E-state index contributed by atoms with van der Waals surface area (Å²) in [5.74, 6) is 0.845. The molecule has 0 saturated carbocycles. The lowest BCUT2D eigenvalue weighted by molar-refractivity contribution is 0.103. The summed E-state index contributed by atoms with van der Waals surface area (Å²) in [6, 6.07) is 43.6. The Morgan fingerprint density at radius 1 is 0.417 bits per heavy atom. The van der Waals surface area contributed by atoms with Gasteiger partial charge in [0.1, 0.15) is 5.75 Å². The van der Waals surface area contributed by atoms with Crippen molar-refractivity contribution in [2.24, 2.45) is 0 Å². The van der Waals surface area contributed by atoms with Gasteiger partial charge >= 0.3 is 0 Å². The minimum Gasteiger partial charge on any atom is -0.497 e. The Morgan fingerprint density at radius 3 is 1.17 bits per heavy atom. The maximum absolute atomic E-state index is 12.3. The molecule has 0 N–H and O–H groups in total. The molecule has 5 rings (SSSR count). The van der Waals surface area contributed by atoms with Crippen molar-refractivity contribution in [3.8, 4) is 16.9 Å². The molecule has 36 heavy (non-hydrogen) atoms. The molecule has 0 amide bonds. The van der Waals surface area contributed by atoms with Gasteiger partial charge in [-0.1, -0.05) is 115 Å². The van der Waals surface area contributed by atoms with Gasteiger partial charge in [0, 0.05) is 22.3 Å². The molecule has 0 aliphatic heterocycles. The second kappa shape index (κ2) is 12.1. The van der Waals surface area contributed by atoms with Crippen LogP contribution in [0, 0.1) is 0 Å². The predicted molar refractivity (Wildman–Crippen MR) is 145 cm³/mol. The van der Waals surface area contributed by atoms with Crippen LogP contribution in [0.2, 0.25) is 0 Å². The van der Waals surface area contributed by atoms with Crippen molar-refractivity contribution in [2.45, 2.75) is 0 Å². The van der Waals surface area contributed by atoms with Gasteiger partial charge in [-0.25, -0.2) is 0 Å². The van der Waals surface area contributed by atoms with E-state index in [1.165, 1.54) is 0 Å². The molecule has 0 fully saturated rings. The quantitative estimate of drug-likeness (QED) is 0.241. The number of carbonyl (C=O) groups excluding carboxylic acids is 2. The van der Waals surface area contributed by atoms with Gasteiger partial charge in [0.2, 0.25) is 0 Å². The lowest BCUT2D eigenvalue weighted by atomic mass is 9.99. The first-order valence-corrected chi connectivity index (χ1v) is 11.6. The van der Waals surface area contributed by atoms with Crippen molar-refractivity contribution in [3.63, 3.8) is 0 Å². The molecular weight excluding hydrogens is 444 g/mol. The summed E-state index contributed by atoms with van der Waals surface area (Å²) in [6.45, 7) is 0. The van der Waals surface area contributed by atoms with Crippen LogP contribution in [0.1, 0.15) is 31.8 Å². The van der Waals surface area contributed by atoms with Gasteiger partial charge in [0.25, 0.3) is 0 Å². The van der Waals surface area contributed by atoms with Crippen molar-refractivity contribution in [1.29, 1.82) is 0 Å². The molecule has 5 aromatic carbocycles.